The van der Waals surface area contributed by atoms with Gasteiger partial charge in [-0.1, -0.05) is 0 Å². The molecule has 1 saturated heterocycles. The number of rotatable bonds is 5. The van der Waals surface area contributed by atoms with E-state index in [4.69, 9.17) is 0 Å². The number of carbonyl (C=O) groups is 1. The van der Waals surface area contributed by atoms with Gasteiger partial charge in [0.25, 0.3) is 5.91 Å². The largest absolute Gasteiger partial charge is 0.405 e. The summed E-state index contributed by atoms with van der Waals surface area (Å²) in [7, 11) is 0. The quantitative estimate of drug-likeness (QED) is 0.805. The van der Waals surface area contributed by atoms with Crippen molar-refractivity contribution in [3.63, 3.8) is 0 Å². The highest BCUT2D eigenvalue weighted by atomic mass is 19.4. The Kier molecular flexibility index (Phi) is 5.90. The third-order valence-electron chi connectivity index (χ3n) is 4.85. The number of amides is 1. The van der Waals surface area contributed by atoms with Crippen LogP contribution in [0.3, 0.4) is 0 Å². The summed E-state index contributed by atoms with van der Waals surface area (Å²) in [6, 6.07) is -0.0855. The number of nitrogens with zero attached hydrogens (tertiary/aromatic N) is 4. The molecule has 7 nitrogen and oxygen atoms in total. The molecule has 10 heteroatoms. The third kappa shape index (κ3) is 4.27. The number of hydrogen-bond acceptors (Lipinski definition) is 5. The normalized spacial score (nSPS) is 17.2. The van der Waals surface area contributed by atoms with E-state index in [0.29, 0.717) is 42.9 Å². The molecule has 3 heterocycles. The van der Waals surface area contributed by atoms with Crippen LogP contribution >= 0.6 is 0 Å². The second kappa shape index (κ2) is 8.04. The van der Waals surface area contributed by atoms with Crippen LogP contribution in [-0.4, -0.2) is 70.5 Å². The van der Waals surface area contributed by atoms with Crippen molar-refractivity contribution in [2.24, 2.45) is 0 Å². The van der Waals surface area contributed by atoms with Crippen LogP contribution in [0, 0.1) is 6.92 Å². The molecule has 3 rings (SSSR count). The maximum atomic E-state index is 13.5. The highest BCUT2D eigenvalue weighted by Crippen LogP contribution is 2.25. The average Bonchev–Trinajstić information content (AvgIpc) is 3.04. The molecule has 1 aliphatic heterocycles. The number of aryl methyl sites for hydroxylation is 1. The Morgan fingerprint density at radius 2 is 2.00 bits per heavy atom. The van der Waals surface area contributed by atoms with E-state index in [0.717, 1.165) is 0 Å². The molecule has 1 fully saturated rings. The molecule has 28 heavy (non-hydrogen) atoms. The van der Waals surface area contributed by atoms with Crippen molar-refractivity contribution >= 4 is 16.9 Å². The highest BCUT2D eigenvalue weighted by Gasteiger charge is 2.43. The van der Waals surface area contributed by atoms with Gasteiger partial charge < -0.3 is 10.6 Å². The molecule has 1 amide bonds. The number of carbonyl (C=O) groups excluding carboxylic acids is 1. The summed E-state index contributed by atoms with van der Waals surface area (Å²) in [4.78, 5) is 18.5. The predicted octanol–water partition coefficient (Wildman–Crippen LogP) is 1.89. The number of fused-ring (bicyclic) bond motifs is 1. The minimum absolute atomic E-state index is 0.0463. The number of hydrogen-bond donors (Lipinski definition) is 2. The van der Waals surface area contributed by atoms with Crippen LogP contribution in [0.5, 0.6) is 0 Å². The van der Waals surface area contributed by atoms with E-state index >= 15 is 0 Å². The van der Waals surface area contributed by atoms with Gasteiger partial charge in [0.05, 0.1) is 17.1 Å². The van der Waals surface area contributed by atoms with Crippen LogP contribution in [0.4, 0.5) is 13.2 Å². The van der Waals surface area contributed by atoms with Gasteiger partial charge in [-0.15, -0.1) is 0 Å². The van der Waals surface area contributed by atoms with Gasteiger partial charge in [0.2, 0.25) is 0 Å². The van der Waals surface area contributed by atoms with Gasteiger partial charge in [-0.25, -0.2) is 9.67 Å². The average molecular weight is 398 g/mol. The summed E-state index contributed by atoms with van der Waals surface area (Å²) < 4.78 is 42.3. The van der Waals surface area contributed by atoms with E-state index in [1.54, 1.807) is 17.7 Å². The summed E-state index contributed by atoms with van der Waals surface area (Å²) in [5.41, 5.74) is 1.44. The van der Waals surface area contributed by atoms with Gasteiger partial charge in [0.15, 0.2) is 5.65 Å². The second-order valence-electron chi connectivity index (χ2n) is 7.28. The second-order valence-corrected chi connectivity index (χ2v) is 7.28. The van der Waals surface area contributed by atoms with Crippen molar-refractivity contribution in [2.75, 3.05) is 32.7 Å². The van der Waals surface area contributed by atoms with Crippen LogP contribution in [0.15, 0.2) is 12.3 Å². The number of aromatic nitrogens is 3. The molecular weight excluding hydrogens is 373 g/mol. The Hall–Kier alpha value is -2.20. The van der Waals surface area contributed by atoms with Crippen LogP contribution in [0.2, 0.25) is 0 Å². The minimum atomic E-state index is -4.42. The molecule has 2 N–H and O–H groups in total. The number of halogens is 3. The maximum Gasteiger partial charge on any atom is 0.405 e. The summed E-state index contributed by atoms with van der Waals surface area (Å²) in [6.07, 6.45) is -2.88. The summed E-state index contributed by atoms with van der Waals surface area (Å²) in [6.45, 7) is 6.71. The lowest BCUT2D eigenvalue weighted by Crippen LogP contribution is -2.57. The number of alkyl halides is 3. The standard InChI is InChI=1S/C18H25F3N6O/c1-11(2)27-16-14(9-24-27)13(8-12(3)25-16)17(28)23-10-15(18(19,20)21)26-6-4-22-5-7-26/h8-9,11,15,22H,4-7,10H2,1-3H3,(H,23,28). The van der Waals surface area contributed by atoms with Crippen LogP contribution in [0.25, 0.3) is 11.0 Å². The molecule has 1 atom stereocenters. The topological polar surface area (TPSA) is 75.1 Å². The zero-order valence-electron chi connectivity index (χ0n) is 16.2. The fourth-order valence-corrected chi connectivity index (χ4v) is 3.44. The van der Waals surface area contributed by atoms with Gasteiger partial charge in [-0.3, -0.25) is 9.69 Å². The zero-order valence-corrected chi connectivity index (χ0v) is 16.2. The molecule has 0 bridgehead atoms. The van der Waals surface area contributed by atoms with E-state index in [2.05, 4.69) is 20.7 Å². The fraction of sp³-hybridized carbons (Fsp3) is 0.611. The molecule has 1 aliphatic rings. The lowest BCUT2D eigenvalue weighted by atomic mass is 10.1. The Morgan fingerprint density at radius 1 is 1.32 bits per heavy atom. The molecule has 0 aliphatic carbocycles. The molecule has 2 aromatic heterocycles. The van der Waals surface area contributed by atoms with Crippen molar-refractivity contribution in [3.05, 3.63) is 23.5 Å². The maximum absolute atomic E-state index is 13.5. The number of pyridine rings is 1. The Labute approximate surface area is 161 Å². The van der Waals surface area contributed by atoms with Gasteiger partial charge in [0, 0.05) is 44.5 Å². The molecule has 1 unspecified atom stereocenters. The van der Waals surface area contributed by atoms with E-state index in [1.165, 1.54) is 11.1 Å². The molecule has 0 spiro atoms. The van der Waals surface area contributed by atoms with Crippen molar-refractivity contribution in [2.45, 2.75) is 39.0 Å². The van der Waals surface area contributed by atoms with Crippen molar-refractivity contribution in [1.29, 1.82) is 0 Å². The van der Waals surface area contributed by atoms with Gasteiger partial charge in [-0.2, -0.15) is 18.3 Å². The summed E-state index contributed by atoms with van der Waals surface area (Å²) in [5, 5.41) is 10.3. The Bertz CT molecular complexity index is 842. The van der Waals surface area contributed by atoms with E-state index in [1.807, 2.05) is 13.8 Å². The molecule has 0 saturated carbocycles. The van der Waals surface area contributed by atoms with Crippen molar-refractivity contribution < 1.29 is 18.0 Å². The first-order chi connectivity index (χ1) is 13.2. The lowest BCUT2D eigenvalue weighted by Gasteiger charge is -2.35. The molecule has 0 aromatic carbocycles. The smallest absolute Gasteiger partial charge is 0.350 e. The molecular formula is C18H25F3N6O. The van der Waals surface area contributed by atoms with E-state index in [9.17, 15) is 18.0 Å². The SMILES string of the molecule is Cc1cc(C(=O)NCC(N2CCNCC2)C(F)(F)F)c2cnn(C(C)C)c2n1. The highest BCUT2D eigenvalue weighted by molar-refractivity contribution is 6.05. The van der Waals surface area contributed by atoms with Gasteiger partial charge >= 0.3 is 6.18 Å². The lowest BCUT2D eigenvalue weighted by molar-refractivity contribution is -0.183. The van der Waals surface area contributed by atoms with Gasteiger partial charge in [0.1, 0.15) is 6.04 Å². The third-order valence-corrected chi connectivity index (χ3v) is 4.85. The van der Waals surface area contributed by atoms with Crippen molar-refractivity contribution in [1.82, 2.24) is 30.3 Å². The predicted molar refractivity (Wildman–Crippen MR) is 99.3 cm³/mol. The molecule has 0 radical (unpaired) electrons. The number of piperazine rings is 1. The Balaban J connectivity index is 1.82. The van der Waals surface area contributed by atoms with Crippen LogP contribution in [0.1, 0.15) is 35.9 Å². The zero-order chi connectivity index (χ0) is 20.5. The van der Waals surface area contributed by atoms with Crippen LogP contribution < -0.4 is 10.6 Å². The van der Waals surface area contributed by atoms with Crippen molar-refractivity contribution in [3.8, 4) is 0 Å². The van der Waals surface area contributed by atoms with Crippen LogP contribution in [-0.2, 0) is 0 Å². The molecule has 2 aromatic rings. The first-order valence-electron chi connectivity index (χ1n) is 9.33. The first-order valence-corrected chi connectivity index (χ1v) is 9.33. The fourth-order valence-electron chi connectivity index (χ4n) is 3.44. The number of nitrogens with one attached hydrogen (secondary N) is 2. The van der Waals surface area contributed by atoms with E-state index in [-0.39, 0.29) is 11.6 Å². The van der Waals surface area contributed by atoms with E-state index < -0.39 is 24.7 Å². The minimum Gasteiger partial charge on any atom is -0.350 e. The monoisotopic (exact) mass is 398 g/mol. The first kappa shape index (κ1) is 20.5. The molecule has 154 valence electrons. The summed E-state index contributed by atoms with van der Waals surface area (Å²) >= 11 is 0. The van der Waals surface area contributed by atoms with Gasteiger partial charge in [-0.05, 0) is 26.8 Å². The summed E-state index contributed by atoms with van der Waals surface area (Å²) in [5.74, 6) is -0.553. The Morgan fingerprint density at radius 3 is 2.61 bits per heavy atom.